The number of carbonyl (C=O) groups excluding carboxylic acids is 1. The second kappa shape index (κ2) is 7.57. The molecule has 6 heteroatoms. The molecular formula is C19H18ClNO4. The van der Waals surface area contributed by atoms with Crippen molar-refractivity contribution in [2.45, 2.75) is 12.5 Å². The van der Waals surface area contributed by atoms with Crippen molar-refractivity contribution in [2.75, 3.05) is 13.1 Å². The number of aliphatic carboxylic acids is 1. The molecule has 1 N–H and O–H groups in total. The molecule has 1 amide bonds. The third kappa shape index (κ3) is 3.94. The van der Waals surface area contributed by atoms with Crippen LogP contribution in [0.25, 0.3) is 0 Å². The quantitative estimate of drug-likeness (QED) is 0.902. The van der Waals surface area contributed by atoms with Gasteiger partial charge in [-0.2, -0.15) is 0 Å². The first kappa shape index (κ1) is 17.3. The van der Waals surface area contributed by atoms with E-state index in [0.717, 1.165) is 11.1 Å². The van der Waals surface area contributed by atoms with Crippen LogP contribution in [-0.2, 0) is 16.1 Å². The van der Waals surface area contributed by atoms with Gasteiger partial charge in [0.1, 0.15) is 6.61 Å². The second-order valence-electron chi connectivity index (χ2n) is 6.02. The lowest BCUT2D eigenvalue weighted by molar-refractivity contribution is -0.141. The number of halogens is 1. The van der Waals surface area contributed by atoms with E-state index < -0.39 is 18.0 Å². The van der Waals surface area contributed by atoms with Gasteiger partial charge in [0.25, 0.3) is 0 Å². The third-order valence-electron chi connectivity index (χ3n) is 4.41. The summed E-state index contributed by atoms with van der Waals surface area (Å²) in [7, 11) is 0. The van der Waals surface area contributed by atoms with Gasteiger partial charge in [-0.15, -0.1) is 0 Å². The number of likely N-dealkylation sites (tertiary alicyclic amines) is 1. The molecule has 0 spiro atoms. The fourth-order valence-corrected chi connectivity index (χ4v) is 3.38. The number of nitrogens with zero attached hydrogens (tertiary/aromatic N) is 1. The van der Waals surface area contributed by atoms with E-state index in [-0.39, 0.29) is 25.6 Å². The first-order valence-corrected chi connectivity index (χ1v) is 8.37. The highest BCUT2D eigenvalue weighted by Gasteiger charge is 2.41. The van der Waals surface area contributed by atoms with Crippen molar-refractivity contribution in [3.8, 4) is 0 Å². The smallest absolute Gasteiger partial charge is 0.410 e. The molecule has 0 aromatic heterocycles. The molecule has 2 atom stereocenters. The van der Waals surface area contributed by atoms with E-state index in [1.54, 1.807) is 12.1 Å². The monoisotopic (exact) mass is 359 g/mol. The minimum atomic E-state index is -0.941. The number of carbonyl (C=O) groups is 2. The molecular weight excluding hydrogens is 342 g/mol. The largest absolute Gasteiger partial charge is 0.481 e. The van der Waals surface area contributed by atoms with Gasteiger partial charge in [0.2, 0.25) is 0 Å². The van der Waals surface area contributed by atoms with Gasteiger partial charge in [-0.3, -0.25) is 4.79 Å². The van der Waals surface area contributed by atoms with Gasteiger partial charge in [0.15, 0.2) is 0 Å². The topological polar surface area (TPSA) is 66.8 Å². The zero-order valence-electron chi connectivity index (χ0n) is 13.5. The van der Waals surface area contributed by atoms with Crippen molar-refractivity contribution >= 4 is 23.7 Å². The summed E-state index contributed by atoms with van der Waals surface area (Å²) in [5.41, 5.74) is 1.63. The van der Waals surface area contributed by atoms with E-state index >= 15 is 0 Å². The van der Waals surface area contributed by atoms with E-state index in [0.29, 0.717) is 5.02 Å². The van der Waals surface area contributed by atoms with Crippen molar-refractivity contribution in [1.29, 1.82) is 0 Å². The number of hydrogen-bond acceptors (Lipinski definition) is 3. The van der Waals surface area contributed by atoms with Crippen LogP contribution in [0.3, 0.4) is 0 Å². The Kier molecular flexibility index (Phi) is 5.24. The molecule has 1 fully saturated rings. The van der Waals surface area contributed by atoms with Crippen LogP contribution in [0.5, 0.6) is 0 Å². The number of carboxylic acids is 1. The van der Waals surface area contributed by atoms with Gasteiger partial charge in [-0.25, -0.2) is 4.79 Å². The fraction of sp³-hybridized carbons (Fsp3) is 0.263. The van der Waals surface area contributed by atoms with Crippen molar-refractivity contribution in [3.63, 3.8) is 0 Å². The molecule has 0 radical (unpaired) electrons. The summed E-state index contributed by atoms with van der Waals surface area (Å²) in [6.45, 7) is 0.540. The first-order chi connectivity index (χ1) is 12.1. The third-order valence-corrected chi connectivity index (χ3v) is 4.75. The number of benzene rings is 2. The molecule has 130 valence electrons. The highest BCUT2D eigenvalue weighted by Crippen LogP contribution is 2.36. The molecule has 3 rings (SSSR count). The van der Waals surface area contributed by atoms with Gasteiger partial charge in [-0.1, -0.05) is 60.1 Å². The van der Waals surface area contributed by atoms with E-state index in [1.165, 1.54) is 4.90 Å². The van der Waals surface area contributed by atoms with Crippen LogP contribution in [-0.4, -0.2) is 35.2 Å². The van der Waals surface area contributed by atoms with Crippen molar-refractivity contribution in [2.24, 2.45) is 5.92 Å². The fourth-order valence-electron chi connectivity index (χ4n) is 3.10. The maximum absolute atomic E-state index is 12.3. The Labute approximate surface area is 150 Å². The molecule has 2 aromatic carbocycles. The van der Waals surface area contributed by atoms with Crippen LogP contribution in [0.2, 0.25) is 5.02 Å². The van der Waals surface area contributed by atoms with E-state index in [2.05, 4.69) is 0 Å². The minimum Gasteiger partial charge on any atom is -0.481 e. The second-order valence-corrected chi connectivity index (χ2v) is 6.43. The summed E-state index contributed by atoms with van der Waals surface area (Å²) in [6.07, 6.45) is -0.510. The summed E-state index contributed by atoms with van der Waals surface area (Å²) in [6, 6.07) is 16.5. The predicted octanol–water partition coefficient (Wildman–Crippen LogP) is 3.78. The molecule has 0 bridgehead atoms. The molecule has 0 aliphatic carbocycles. The van der Waals surface area contributed by atoms with Gasteiger partial charge in [0, 0.05) is 24.0 Å². The summed E-state index contributed by atoms with van der Waals surface area (Å²) in [5, 5.41) is 10.0. The van der Waals surface area contributed by atoms with E-state index in [1.807, 2.05) is 42.5 Å². The summed E-state index contributed by atoms with van der Waals surface area (Å²) in [4.78, 5) is 25.4. The van der Waals surface area contributed by atoms with Gasteiger partial charge < -0.3 is 14.7 Å². The Hall–Kier alpha value is -2.53. The maximum Gasteiger partial charge on any atom is 0.410 e. The maximum atomic E-state index is 12.3. The Morgan fingerprint density at radius 2 is 1.76 bits per heavy atom. The lowest BCUT2D eigenvalue weighted by atomic mass is 9.89. The minimum absolute atomic E-state index is 0.110. The van der Waals surface area contributed by atoms with Gasteiger partial charge in [-0.05, 0) is 17.2 Å². The van der Waals surface area contributed by atoms with Crippen LogP contribution in [0.1, 0.15) is 17.0 Å². The lowest BCUT2D eigenvalue weighted by Crippen LogP contribution is -2.30. The SMILES string of the molecule is O=C(O)[C@@H]1CN(C(=O)OCc2ccccc2)C[C@H]1c1ccccc1Cl. The van der Waals surface area contributed by atoms with Crippen molar-refractivity contribution in [3.05, 3.63) is 70.7 Å². The normalized spacial score (nSPS) is 19.6. The number of carboxylic acid groups (broad SMARTS) is 1. The molecule has 1 heterocycles. The van der Waals surface area contributed by atoms with E-state index in [9.17, 15) is 14.7 Å². The average molecular weight is 360 g/mol. The molecule has 1 aliphatic rings. The molecule has 0 unspecified atom stereocenters. The lowest BCUT2D eigenvalue weighted by Gasteiger charge is -2.17. The molecule has 1 saturated heterocycles. The number of ether oxygens (including phenoxy) is 1. The first-order valence-electron chi connectivity index (χ1n) is 7.99. The Bertz CT molecular complexity index is 765. The number of hydrogen-bond donors (Lipinski definition) is 1. The highest BCUT2D eigenvalue weighted by atomic mass is 35.5. The summed E-state index contributed by atoms with van der Waals surface area (Å²) >= 11 is 6.22. The summed E-state index contributed by atoms with van der Waals surface area (Å²) in [5.74, 6) is -2.00. The highest BCUT2D eigenvalue weighted by molar-refractivity contribution is 6.31. The van der Waals surface area contributed by atoms with Crippen molar-refractivity contribution in [1.82, 2.24) is 4.90 Å². The molecule has 25 heavy (non-hydrogen) atoms. The zero-order chi connectivity index (χ0) is 17.8. The van der Waals surface area contributed by atoms with Crippen LogP contribution in [0.15, 0.2) is 54.6 Å². The number of amides is 1. The predicted molar refractivity (Wildman–Crippen MR) is 93.5 cm³/mol. The molecule has 5 nitrogen and oxygen atoms in total. The Morgan fingerprint density at radius 3 is 2.44 bits per heavy atom. The zero-order valence-corrected chi connectivity index (χ0v) is 14.2. The van der Waals surface area contributed by atoms with Crippen LogP contribution >= 0.6 is 11.6 Å². The van der Waals surface area contributed by atoms with Crippen LogP contribution in [0.4, 0.5) is 4.79 Å². The Morgan fingerprint density at radius 1 is 1.08 bits per heavy atom. The average Bonchev–Trinajstić information content (AvgIpc) is 3.06. The number of rotatable bonds is 4. The van der Waals surface area contributed by atoms with Crippen molar-refractivity contribution < 1.29 is 19.4 Å². The van der Waals surface area contributed by atoms with Crippen LogP contribution < -0.4 is 0 Å². The van der Waals surface area contributed by atoms with E-state index in [4.69, 9.17) is 16.3 Å². The van der Waals surface area contributed by atoms with Gasteiger partial charge in [0.05, 0.1) is 5.92 Å². The standard InChI is InChI=1S/C19H18ClNO4/c20-17-9-5-4-8-14(17)15-10-21(11-16(15)18(22)23)19(24)25-12-13-6-2-1-3-7-13/h1-9,15-16H,10-12H2,(H,22,23)/t15-,16+/m0/s1. The molecule has 1 aliphatic heterocycles. The van der Waals surface area contributed by atoms with Crippen LogP contribution in [0, 0.1) is 5.92 Å². The Balaban J connectivity index is 1.70. The van der Waals surface area contributed by atoms with Gasteiger partial charge >= 0.3 is 12.1 Å². The molecule has 0 saturated carbocycles. The summed E-state index contributed by atoms with van der Waals surface area (Å²) < 4.78 is 5.32. The molecule has 2 aromatic rings.